The Kier molecular flexibility index (Phi) is 3.53. The minimum atomic E-state index is -4.34. The van der Waals surface area contributed by atoms with E-state index in [1.54, 1.807) is 0 Å². The number of halogens is 2. The van der Waals surface area contributed by atoms with E-state index in [1.165, 1.54) is 6.92 Å². The summed E-state index contributed by atoms with van der Waals surface area (Å²) in [5.74, 6) is -0.883. The van der Waals surface area contributed by atoms with Gasteiger partial charge in [-0.25, -0.2) is 31.3 Å². The van der Waals surface area contributed by atoms with Crippen LogP contribution >= 0.6 is 0 Å². The lowest BCUT2D eigenvalue weighted by atomic mass is 10.3. The van der Waals surface area contributed by atoms with Gasteiger partial charge < -0.3 is 9.40 Å². The number of sulfonamides is 1. The number of alkyl halides is 1. The molecule has 2 heterocycles. The van der Waals surface area contributed by atoms with Crippen LogP contribution in [0.3, 0.4) is 0 Å². The second-order valence-electron chi connectivity index (χ2n) is 6.19. The van der Waals surface area contributed by atoms with Crippen molar-refractivity contribution in [1.82, 2.24) is 24.5 Å². The summed E-state index contributed by atoms with van der Waals surface area (Å²) in [6.07, 6.45) is 0.672. The molecule has 12 heteroatoms. The SMILES string of the molecule is Cc1nnc(-n2c(=O)[nH]c3cc(F)c(S(=O)(=O)NC4(CF)CC4)cc32)o1. The standard InChI is InChI=1S/C14H13F2N5O4S/c1-7-18-19-13(25-7)21-10-5-11(8(16)4-9(10)17-12(21)22)26(23,24)20-14(6-15)2-3-14/h4-5,20H,2-3,6H2,1H3,(H,17,22). The topological polar surface area (TPSA) is 123 Å². The van der Waals surface area contributed by atoms with Gasteiger partial charge in [0.15, 0.2) is 0 Å². The lowest BCUT2D eigenvalue weighted by Gasteiger charge is -2.14. The Morgan fingerprint density at radius 2 is 2.12 bits per heavy atom. The van der Waals surface area contributed by atoms with Crippen molar-refractivity contribution < 1.29 is 21.6 Å². The number of H-pyrrole nitrogens is 1. The van der Waals surface area contributed by atoms with Crippen LogP contribution in [0.1, 0.15) is 18.7 Å². The lowest BCUT2D eigenvalue weighted by molar-refractivity contribution is 0.392. The van der Waals surface area contributed by atoms with Crippen molar-refractivity contribution in [3.8, 4) is 6.01 Å². The van der Waals surface area contributed by atoms with Crippen molar-refractivity contribution in [3.63, 3.8) is 0 Å². The summed E-state index contributed by atoms with van der Waals surface area (Å²) in [4.78, 5) is 13.8. The maximum absolute atomic E-state index is 14.4. The van der Waals surface area contributed by atoms with Crippen molar-refractivity contribution in [3.05, 3.63) is 34.3 Å². The third-order valence-corrected chi connectivity index (χ3v) is 5.79. The number of aromatic nitrogens is 4. The van der Waals surface area contributed by atoms with E-state index in [9.17, 15) is 22.0 Å². The number of imidazole rings is 1. The minimum absolute atomic E-state index is 0.0329. The first-order chi connectivity index (χ1) is 12.2. The molecule has 0 radical (unpaired) electrons. The lowest BCUT2D eigenvalue weighted by Crippen LogP contribution is -2.38. The molecular weight excluding hydrogens is 372 g/mol. The van der Waals surface area contributed by atoms with E-state index < -0.39 is 38.6 Å². The van der Waals surface area contributed by atoms with Crippen LogP contribution in [0.25, 0.3) is 17.0 Å². The molecule has 2 aromatic heterocycles. The molecule has 1 saturated carbocycles. The summed E-state index contributed by atoms with van der Waals surface area (Å²) < 4.78 is 60.7. The fraction of sp³-hybridized carbons (Fsp3) is 0.357. The maximum Gasteiger partial charge on any atom is 0.334 e. The van der Waals surface area contributed by atoms with Crippen LogP contribution in [-0.4, -0.2) is 40.4 Å². The highest BCUT2D eigenvalue weighted by molar-refractivity contribution is 7.89. The minimum Gasteiger partial charge on any atom is -0.408 e. The highest BCUT2D eigenvalue weighted by Gasteiger charge is 2.46. The molecule has 0 saturated heterocycles. The van der Waals surface area contributed by atoms with E-state index in [4.69, 9.17) is 4.42 Å². The number of aryl methyl sites for hydroxylation is 1. The number of aromatic amines is 1. The van der Waals surface area contributed by atoms with Crippen molar-refractivity contribution in [2.45, 2.75) is 30.2 Å². The van der Waals surface area contributed by atoms with Gasteiger partial charge in [0.05, 0.1) is 16.6 Å². The molecule has 0 bridgehead atoms. The highest BCUT2D eigenvalue weighted by Crippen LogP contribution is 2.37. The summed E-state index contributed by atoms with van der Waals surface area (Å²) in [5.41, 5.74) is -1.80. The first kappa shape index (κ1) is 16.8. The predicted molar refractivity (Wildman–Crippen MR) is 84.7 cm³/mol. The molecule has 138 valence electrons. The molecule has 3 aromatic rings. The van der Waals surface area contributed by atoms with Gasteiger partial charge in [0.1, 0.15) is 17.4 Å². The molecule has 0 atom stereocenters. The Morgan fingerprint density at radius 3 is 2.69 bits per heavy atom. The van der Waals surface area contributed by atoms with Crippen LogP contribution in [0.15, 0.2) is 26.2 Å². The van der Waals surface area contributed by atoms with Crippen molar-refractivity contribution >= 4 is 21.1 Å². The molecule has 4 rings (SSSR count). The number of benzene rings is 1. The average molecular weight is 385 g/mol. The zero-order chi connectivity index (χ0) is 18.7. The Bertz CT molecular complexity index is 1180. The molecule has 0 spiro atoms. The Morgan fingerprint density at radius 1 is 1.38 bits per heavy atom. The van der Waals surface area contributed by atoms with Gasteiger partial charge in [0.25, 0.3) is 0 Å². The largest absolute Gasteiger partial charge is 0.408 e. The molecule has 0 aliphatic heterocycles. The van der Waals surface area contributed by atoms with Gasteiger partial charge in [0, 0.05) is 13.0 Å². The first-order valence-electron chi connectivity index (χ1n) is 7.59. The third-order valence-electron chi connectivity index (χ3n) is 4.19. The van der Waals surface area contributed by atoms with Gasteiger partial charge in [-0.05, 0) is 18.9 Å². The summed E-state index contributed by atoms with van der Waals surface area (Å²) in [7, 11) is -4.34. The summed E-state index contributed by atoms with van der Waals surface area (Å²) in [6, 6.07) is 1.66. The van der Waals surface area contributed by atoms with Crippen molar-refractivity contribution in [1.29, 1.82) is 0 Å². The van der Waals surface area contributed by atoms with Crippen LogP contribution in [-0.2, 0) is 10.0 Å². The highest BCUT2D eigenvalue weighted by atomic mass is 32.2. The number of nitrogens with one attached hydrogen (secondary N) is 2. The van der Waals surface area contributed by atoms with Crippen LogP contribution in [0.2, 0.25) is 0 Å². The van der Waals surface area contributed by atoms with E-state index in [0.717, 1.165) is 16.7 Å². The maximum atomic E-state index is 14.4. The summed E-state index contributed by atoms with van der Waals surface area (Å²) in [6.45, 7) is 0.633. The zero-order valence-electron chi connectivity index (χ0n) is 13.4. The molecule has 0 amide bonds. The van der Waals surface area contributed by atoms with Crippen molar-refractivity contribution in [2.24, 2.45) is 0 Å². The fourth-order valence-corrected chi connectivity index (χ4v) is 4.16. The van der Waals surface area contributed by atoms with Crippen molar-refractivity contribution in [2.75, 3.05) is 6.67 Å². The fourth-order valence-electron chi connectivity index (χ4n) is 2.63. The van der Waals surface area contributed by atoms with Crippen LogP contribution in [0.5, 0.6) is 0 Å². The zero-order valence-corrected chi connectivity index (χ0v) is 14.2. The van der Waals surface area contributed by atoms with Crippen LogP contribution in [0.4, 0.5) is 8.78 Å². The molecule has 26 heavy (non-hydrogen) atoms. The molecular formula is C14H13F2N5O4S. The van der Waals surface area contributed by atoms with E-state index >= 15 is 0 Å². The second-order valence-corrected chi connectivity index (χ2v) is 7.84. The quantitative estimate of drug-likeness (QED) is 0.674. The molecule has 0 unspecified atom stereocenters. The van der Waals surface area contributed by atoms with Crippen LogP contribution < -0.4 is 10.4 Å². The molecule has 9 nitrogen and oxygen atoms in total. The van der Waals surface area contributed by atoms with Gasteiger partial charge in [-0.1, -0.05) is 5.10 Å². The number of hydrogen-bond donors (Lipinski definition) is 2. The molecule has 2 N–H and O–H groups in total. The summed E-state index contributed by atoms with van der Waals surface area (Å²) in [5, 5.41) is 7.32. The number of fused-ring (bicyclic) bond motifs is 1. The Balaban J connectivity index is 1.89. The van der Waals surface area contributed by atoms with Gasteiger partial charge in [-0.15, -0.1) is 5.10 Å². The normalized spacial score (nSPS) is 16.3. The third kappa shape index (κ3) is 2.61. The molecule has 1 fully saturated rings. The van der Waals surface area contributed by atoms with Crippen LogP contribution in [0, 0.1) is 12.7 Å². The monoisotopic (exact) mass is 385 g/mol. The number of nitrogens with zero attached hydrogens (tertiary/aromatic N) is 3. The smallest absolute Gasteiger partial charge is 0.334 e. The van der Waals surface area contributed by atoms with Gasteiger partial charge in [-0.2, -0.15) is 0 Å². The van der Waals surface area contributed by atoms with E-state index in [-0.39, 0.29) is 22.9 Å². The second kappa shape index (κ2) is 5.45. The Labute approximate surface area is 145 Å². The number of hydrogen-bond acceptors (Lipinski definition) is 6. The van der Waals surface area contributed by atoms with Gasteiger partial charge in [0.2, 0.25) is 15.9 Å². The Hall–Kier alpha value is -2.60. The van der Waals surface area contributed by atoms with Gasteiger partial charge >= 0.3 is 11.7 Å². The molecule has 1 aliphatic rings. The summed E-state index contributed by atoms with van der Waals surface area (Å²) >= 11 is 0. The van der Waals surface area contributed by atoms with E-state index in [1.807, 2.05) is 0 Å². The predicted octanol–water partition coefficient (Wildman–Crippen LogP) is 0.930. The molecule has 1 aliphatic carbocycles. The average Bonchev–Trinajstić information content (AvgIpc) is 3.07. The number of rotatable bonds is 5. The van der Waals surface area contributed by atoms with E-state index in [0.29, 0.717) is 12.8 Å². The first-order valence-corrected chi connectivity index (χ1v) is 9.08. The van der Waals surface area contributed by atoms with E-state index in [2.05, 4.69) is 19.9 Å². The van der Waals surface area contributed by atoms with Gasteiger partial charge in [-0.3, -0.25) is 0 Å². The molecule has 1 aromatic carbocycles.